The number of esters is 1. The monoisotopic (exact) mass is 370 g/mol. The Balaban J connectivity index is 5.70. The van der Waals surface area contributed by atoms with Crippen molar-refractivity contribution in [3.8, 4) is 0 Å². The second kappa shape index (κ2) is 5.02. The highest BCUT2D eigenvalue weighted by Gasteiger charge is 2.83. The predicted molar refractivity (Wildman–Crippen MR) is 45.6 cm³/mol. The van der Waals surface area contributed by atoms with Gasteiger partial charge in [0, 0.05) is 0 Å². The highest BCUT2D eigenvalue weighted by molar-refractivity contribution is 9.10. The minimum atomic E-state index is -7.04. The van der Waals surface area contributed by atoms with Gasteiger partial charge in [-0.2, -0.15) is 39.5 Å². The summed E-state index contributed by atoms with van der Waals surface area (Å²) in [6.45, 7) is 0. The Bertz CT molecular complexity index is 351. The van der Waals surface area contributed by atoms with Gasteiger partial charge >= 0.3 is 29.9 Å². The van der Waals surface area contributed by atoms with Crippen LogP contribution in [0.2, 0.25) is 0 Å². The summed E-state index contributed by atoms with van der Waals surface area (Å²) in [5.74, 6) is -22.1. The lowest BCUT2D eigenvalue weighted by Crippen LogP contribution is -2.64. The van der Waals surface area contributed by atoms with Crippen LogP contribution in [-0.4, -0.2) is 41.9 Å². The molecule has 2 nitrogen and oxygen atoms in total. The number of ether oxygens (including phenoxy) is 1. The van der Waals surface area contributed by atoms with Crippen molar-refractivity contribution in [1.29, 1.82) is 0 Å². The van der Waals surface area contributed by atoms with E-state index in [0.717, 1.165) is 0 Å². The lowest BCUT2D eigenvalue weighted by atomic mass is 10.0. The Morgan fingerprint density at radius 2 is 1.32 bits per heavy atom. The highest BCUT2D eigenvalue weighted by Crippen LogP contribution is 2.55. The number of carbonyl (C=O) groups is 1. The van der Waals surface area contributed by atoms with Crippen LogP contribution in [0.15, 0.2) is 0 Å². The Hall–Kier alpha value is -0.680. The third-order valence-corrected chi connectivity index (χ3v) is 2.84. The van der Waals surface area contributed by atoms with Crippen molar-refractivity contribution in [2.75, 3.05) is 7.11 Å². The van der Waals surface area contributed by atoms with E-state index < -0.39 is 34.7 Å². The van der Waals surface area contributed by atoms with Gasteiger partial charge in [-0.1, -0.05) is 15.9 Å². The fourth-order valence-corrected chi connectivity index (χ4v) is 1.27. The summed E-state index contributed by atoms with van der Waals surface area (Å²) in [5.41, 5.74) is 0. The average Bonchev–Trinajstić information content (AvgIpc) is 2.24. The second-order valence-corrected chi connectivity index (χ2v) is 4.07. The normalized spacial score (nSPS) is 16.2. The molecule has 0 radical (unpaired) electrons. The standard InChI is InChI=1S/C7H4BrF9O2/c1-19-3(18)2(8)4(9,10)5(11,12)6(13,14)7(15,16)17/h2H,1H3. The topological polar surface area (TPSA) is 26.3 Å². The summed E-state index contributed by atoms with van der Waals surface area (Å²) in [5, 5.41) is 0. The van der Waals surface area contributed by atoms with Gasteiger partial charge in [0.25, 0.3) is 0 Å². The first-order chi connectivity index (χ1) is 8.14. The zero-order valence-electron chi connectivity index (χ0n) is 8.67. The van der Waals surface area contributed by atoms with Gasteiger partial charge in [-0.3, -0.25) is 4.79 Å². The van der Waals surface area contributed by atoms with Crippen LogP contribution in [0.4, 0.5) is 39.5 Å². The quantitative estimate of drug-likeness (QED) is 0.430. The molecule has 0 N–H and O–H groups in total. The maximum Gasteiger partial charge on any atom is 0.460 e. The van der Waals surface area contributed by atoms with Crippen molar-refractivity contribution in [3.63, 3.8) is 0 Å². The van der Waals surface area contributed by atoms with E-state index in [9.17, 15) is 44.3 Å². The van der Waals surface area contributed by atoms with E-state index in [4.69, 9.17) is 0 Å². The van der Waals surface area contributed by atoms with Gasteiger partial charge in [0.1, 0.15) is 0 Å². The van der Waals surface area contributed by atoms with Crippen LogP contribution in [0.5, 0.6) is 0 Å². The van der Waals surface area contributed by atoms with E-state index in [2.05, 4.69) is 4.74 Å². The van der Waals surface area contributed by atoms with Gasteiger partial charge in [-0.25, -0.2) is 0 Å². The minimum Gasteiger partial charge on any atom is -0.468 e. The molecule has 0 amide bonds. The van der Waals surface area contributed by atoms with Crippen LogP contribution in [-0.2, 0) is 9.53 Å². The molecule has 0 spiro atoms. The molecule has 1 atom stereocenters. The summed E-state index contributed by atoms with van der Waals surface area (Å²) >= 11 is 1.61. The van der Waals surface area contributed by atoms with Crippen molar-refractivity contribution in [3.05, 3.63) is 0 Å². The molecule has 1 unspecified atom stereocenters. The molecule has 0 rings (SSSR count). The van der Waals surface area contributed by atoms with E-state index in [1.165, 1.54) is 0 Å². The van der Waals surface area contributed by atoms with Gasteiger partial charge in [0.2, 0.25) is 0 Å². The van der Waals surface area contributed by atoms with E-state index >= 15 is 0 Å². The van der Waals surface area contributed by atoms with Crippen LogP contribution in [0, 0.1) is 0 Å². The molecule has 0 saturated carbocycles. The van der Waals surface area contributed by atoms with Gasteiger partial charge in [-0.05, 0) is 0 Å². The molecule has 0 aliphatic heterocycles. The molecule has 0 fully saturated rings. The highest BCUT2D eigenvalue weighted by atomic mass is 79.9. The third-order valence-electron chi connectivity index (χ3n) is 1.90. The molecule has 0 saturated heterocycles. The molecule has 0 aromatic rings. The molecule has 0 aliphatic carbocycles. The fourth-order valence-electron chi connectivity index (χ4n) is 0.798. The maximum absolute atomic E-state index is 13.0. The average molecular weight is 371 g/mol. The van der Waals surface area contributed by atoms with Gasteiger partial charge in [0.15, 0.2) is 4.83 Å². The zero-order valence-corrected chi connectivity index (χ0v) is 10.3. The molecule has 114 valence electrons. The fraction of sp³-hybridized carbons (Fsp3) is 0.857. The van der Waals surface area contributed by atoms with E-state index in [-0.39, 0.29) is 0 Å². The largest absolute Gasteiger partial charge is 0.468 e. The first-order valence-electron chi connectivity index (χ1n) is 4.06. The molecule has 19 heavy (non-hydrogen) atoms. The Labute approximate surface area is 108 Å². The molecule has 0 heterocycles. The number of rotatable bonds is 4. The molecule has 0 aromatic carbocycles. The van der Waals surface area contributed by atoms with Crippen LogP contribution in [0.25, 0.3) is 0 Å². The molecule has 0 aromatic heterocycles. The van der Waals surface area contributed by atoms with E-state index in [1.807, 2.05) is 0 Å². The Morgan fingerprint density at radius 3 is 1.58 bits per heavy atom. The van der Waals surface area contributed by atoms with Crippen molar-refractivity contribution < 1.29 is 49.0 Å². The van der Waals surface area contributed by atoms with Crippen LogP contribution in [0.3, 0.4) is 0 Å². The number of hydrogen-bond acceptors (Lipinski definition) is 2. The lowest BCUT2D eigenvalue weighted by molar-refractivity contribution is -0.394. The van der Waals surface area contributed by atoms with Crippen LogP contribution < -0.4 is 0 Å². The Morgan fingerprint density at radius 1 is 0.947 bits per heavy atom. The van der Waals surface area contributed by atoms with Crippen LogP contribution >= 0.6 is 15.9 Å². The first-order valence-corrected chi connectivity index (χ1v) is 4.98. The second-order valence-electron chi connectivity index (χ2n) is 3.16. The number of halogens is 10. The van der Waals surface area contributed by atoms with Gasteiger partial charge < -0.3 is 4.74 Å². The third kappa shape index (κ3) is 2.77. The Kier molecular flexibility index (Phi) is 4.84. The minimum absolute atomic E-state index is 0.451. The summed E-state index contributed by atoms with van der Waals surface area (Å²) in [4.78, 5) is 7.19. The number of carbonyl (C=O) groups excluding carboxylic acids is 1. The lowest BCUT2D eigenvalue weighted by Gasteiger charge is -2.34. The van der Waals surface area contributed by atoms with Crippen LogP contribution in [0.1, 0.15) is 0 Å². The summed E-state index contributed by atoms with van der Waals surface area (Å²) in [6, 6.07) is 0. The zero-order chi connectivity index (χ0) is 15.9. The number of methoxy groups -OCH3 is 1. The van der Waals surface area contributed by atoms with Crippen molar-refractivity contribution in [2.24, 2.45) is 0 Å². The maximum atomic E-state index is 13.0. The number of hydrogen-bond donors (Lipinski definition) is 0. The molecular weight excluding hydrogens is 367 g/mol. The summed E-state index contributed by atoms with van der Waals surface area (Å²) in [7, 11) is 0.451. The van der Waals surface area contributed by atoms with E-state index in [1.54, 1.807) is 15.9 Å². The predicted octanol–water partition coefficient (Wildman–Crippen LogP) is 3.39. The molecule has 0 aliphatic rings. The number of alkyl halides is 10. The van der Waals surface area contributed by atoms with E-state index in [0.29, 0.717) is 7.11 Å². The summed E-state index contributed by atoms with van der Waals surface area (Å²) < 4.78 is 115. The van der Waals surface area contributed by atoms with Gasteiger partial charge in [0.05, 0.1) is 7.11 Å². The molecular formula is C7H4BrF9O2. The molecule has 0 bridgehead atoms. The SMILES string of the molecule is COC(=O)C(Br)C(F)(F)C(F)(F)C(F)(F)C(F)(F)F. The van der Waals surface area contributed by atoms with Gasteiger partial charge in [-0.15, -0.1) is 0 Å². The van der Waals surface area contributed by atoms with Crippen molar-refractivity contribution in [1.82, 2.24) is 0 Å². The van der Waals surface area contributed by atoms with Crippen molar-refractivity contribution in [2.45, 2.75) is 28.8 Å². The molecule has 12 heteroatoms. The summed E-state index contributed by atoms with van der Waals surface area (Å²) in [6.07, 6.45) is -6.93. The smallest absolute Gasteiger partial charge is 0.460 e. The first kappa shape index (κ1) is 18.3. The van der Waals surface area contributed by atoms with Crippen molar-refractivity contribution >= 4 is 21.9 Å².